The third-order valence-corrected chi connectivity index (χ3v) is 5.30. The van der Waals surface area contributed by atoms with Crippen LogP contribution in [0.2, 0.25) is 0 Å². The molecule has 0 aliphatic carbocycles. The van der Waals surface area contributed by atoms with Crippen molar-refractivity contribution in [3.63, 3.8) is 0 Å². The van der Waals surface area contributed by atoms with Crippen molar-refractivity contribution >= 4 is 21.6 Å². The molecule has 0 saturated heterocycles. The van der Waals surface area contributed by atoms with Gasteiger partial charge in [-0.15, -0.1) is 0 Å². The fourth-order valence-electron chi connectivity index (χ4n) is 1.85. The van der Waals surface area contributed by atoms with Gasteiger partial charge in [-0.2, -0.15) is 0 Å². The van der Waals surface area contributed by atoms with Crippen LogP contribution < -0.4 is 5.32 Å². The normalized spacial score (nSPS) is 13.1. The summed E-state index contributed by atoms with van der Waals surface area (Å²) in [6, 6.07) is 1.51. The Morgan fingerprint density at radius 2 is 1.95 bits per heavy atom. The zero-order chi connectivity index (χ0) is 16.5. The number of rotatable bonds is 5. The lowest BCUT2D eigenvalue weighted by molar-refractivity contribution is -0.115. The van der Waals surface area contributed by atoms with Gasteiger partial charge in [-0.05, 0) is 27.7 Å². The summed E-state index contributed by atoms with van der Waals surface area (Å²) in [5.74, 6) is 0.157. The van der Waals surface area contributed by atoms with Gasteiger partial charge in [0, 0.05) is 11.6 Å². The number of aryl methyl sites for hydroxylation is 3. The van der Waals surface area contributed by atoms with Gasteiger partial charge in [0.2, 0.25) is 5.91 Å². The van der Waals surface area contributed by atoms with Crippen molar-refractivity contribution in [3.05, 3.63) is 28.8 Å². The Morgan fingerprint density at radius 3 is 2.45 bits per heavy atom. The van der Waals surface area contributed by atoms with Crippen LogP contribution >= 0.6 is 0 Å². The average molecular weight is 327 g/mol. The molecule has 0 unspecified atom stereocenters. The molecule has 8 nitrogen and oxygen atoms in total. The van der Waals surface area contributed by atoms with E-state index in [1.54, 1.807) is 20.8 Å². The van der Waals surface area contributed by atoms with Gasteiger partial charge in [-0.3, -0.25) is 4.79 Å². The molecule has 9 heteroatoms. The maximum Gasteiger partial charge on any atom is 0.243 e. The molecule has 1 amide bonds. The highest BCUT2D eigenvalue weighted by Gasteiger charge is 2.30. The molecule has 2 heterocycles. The highest BCUT2D eigenvalue weighted by molar-refractivity contribution is 7.92. The number of aromatic nitrogens is 2. The van der Waals surface area contributed by atoms with Crippen LogP contribution in [0.1, 0.15) is 29.7 Å². The molecule has 1 N–H and O–H groups in total. The van der Waals surface area contributed by atoms with Crippen molar-refractivity contribution in [2.45, 2.75) is 38.7 Å². The number of nitrogens with zero attached hydrogens (tertiary/aromatic N) is 2. The molecule has 0 aliphatic heterocycles. The van der Waals surface area contributed by atoms with E-state index in [0.29, 0.717) is 22.8 Å². The van der Waals surface area contributed by atoms with E-state index in [-0.39, 0.29) is 11.6 Å². The molecule has 120 valence electrons. The van der Waals surface area contributed by atoms with Crippen LogP contribution in [-0.2, 0) is 20.4 Å². The Hall–Kier alpha value is -2.16. The number of hydrogen-bond donors (Lipinski definition) is 1. The van der Waals surface area contributed by atoms with E-state index in [0.717, 1.165) is 0 Å². The highest BCUT2D eigenvalue weighted by Crippen LogP contribution is 2.19. The summed E-state index contributed by atoms with van der Waals surface area (Å²) < 4.78 is 34.5. The maximum absolute atomic E-state index is 12.4. The van der Waals surface area contributed by atoms with E-state index in [4.69, 9.17) is 9.05 Å². The van der Waals surface area contributed by atoms with E-state index < -0.39 is 21.0 Å². The fourth-order valence-corrected chi connectivity index (χ4v) is 3.30. The van der Waals surface area contributed by atoms with Crippen LogP contribution in [-0.4, -0.2) is 29.9 Å². The fraction of sp³-hybridized carbons (Fsp3) is 0.462. The standard InChI is InChI=1S/C13H17N3O5S/c1-7-5-12(16-20-7)14-13(17)10(4)22(18,19)6-11-8(2)15-21-9(11)3/h5,10H,6H2,1-4H3,(H,14,16,17)/t10-/m1/s1. The lowest BCUT2D eigenvalue weighted by Crippen LogP contribution is -2.33. The van der Waals surface area contributed by atoms with E-state index in [2.05, 4.69) is 15.6 Å². The third-order valence-electron chi connectivity index (χ3n) is 3.31. The molecule has 0 aromatic carbocycles. The molecule has 0 radical (unpaired) electrons. The van der Waals surface area contributed by atoms with Gasteiger partial charge in [0.1, 0.15) is 16.8 Å². The molecule has 1 atom stereocenters. The molecule has 22 heavy (non-hydrogen) atoms. The van der Waals surface area contributed by atoms with E-state index in [1.165, 1.54) is 13.0 Å². The summed E-state index contributed by atoms with van der Waals surface area (Å²) in [6.45, 7) is 6.29. The summed E-state index contributed by atoms with van der Waals surface area (Å²) in [5.41, 5.74) is 0.984. The molecular weight excluding hydrogens is 310 g/mol. The summed E-state index contributed by atoms with van der Waals surface area (Å²) in [4.78, 5) is 12.1. The van der Waals surface area contributed by atoms with E-state index in [1.807, 2.05) is 0 Å². The second-order valence-electron chi connectivity index (χ2n) is 5.06. The minimum Gasteiger partial charge on any atom is -0.361 e. The average Bonchev–Trinajstić information content (AvgIpc) is 2.98. The van der Waals surface area contributed by atoms with E-state index in [9.17, 15) is 13.2 Å². The van der Waals surface area contributed by atoms with Gasteiger partial charge in [0.15, 0.2) is 15.7 Å². The first kappa shape index (κ1) is 16.2. The van der Waals surface area contributed by atoms with Crippen LogP contribution in [0.25, 0.3) is 0 Å². The smallest absolute Gasteiger partial charge is 0.243 e. The van der Waals surface area contributed by atoms with Crippen molar-refractivity contribution in [1.82, 2.24) is 10.3 Å². The minimum absolute atomic E-state index is 0.182. The number of anilines is 1. The first-order valence-corrected chi connectivity index (χ1v) is 8.29. The number of hydrogen-bond acceptors (Lipinski definition) is 7. The van der Waals surface area contributed by atoms with Gasteiger partial charge < -0.3 is 14.4 Å². The van der Waals surface area contributed by atoms with Gasteiger partial charge in [-0.25, -0.2) is 8.42 Å². The molecule has 2 aromatic rings. The highest BCUT2D eigenvalue weighted by atomic mass is 32.2. The predicted molar refractivity (Wildman–Crippen MR) is 77.9 cm³/mol. The van der Waals surface area contributed by atoms with Crippen LogP contribution in [0, 0.1) is 20.8 Å². The number of nitrogens with one attached hydrogen (secondary N) is 1. The lowest BCUT2D eigenvalue weighted by atomic mass is 10.2. The number of amides is 1. The Balaban J connectivity index is 2.13. The van der Waals surface area contributed by atoms with Crippen LogP contribution in [0.3, 0.4) is 0 Å². The molecule has 0 bridgehead atoms. The topological polar surface area (TPSA) is 115 Å². The second kappa shape index (κ2) is 5.91. The zero-order valence-corrected chi connectivity index (χ0v) is 13.5. The SMILES string of the molecule is Cc1cc(NC(=O)[C@@H](C)S(=O)(=O)Cc2c(C)noc2C)no1. The largest absolute Gasteiger partial charge is 0.361 e. The molecule has 2 aromatic heterocycles. The Morgan fingerprint density at radius 1 is 1.27 bits per heavy atom. The lowest BCUT2D eigenvalue weighted by Gasteiger charge is -2.11. The van der Waals surface area contributed by atoms with Crippen molar-refractivity contribution < 1.29 is 22.3 Å². The Bertz CT molecular complexity index is 771. The van der Waals surface area contributed by atoms with Crippen LogP contribution in [0.4, 0.5) is 5.82 Å². The number of carbonyl (C=O) groups excluding carboxylic acids is 1. The Kier molecular flexibility index (Phi) is 4.36. The number of sulfone groups is 1. The molecule has 0 fully saturated rings. The summed E-state index contributed by atoms with van der Waals surface area (Å²) >= 11 is 0. The molecular formula is C13H17N3O5S. The summed E-state index contributed by atoms with van der Waals surface area (Å²) in [7, 11) is -3.71. The van der Waals surface area contributed by atoms with Crippen molar-refractivity contribution in [2.24, 2.45) is 0 Å². The van der Waals surface area contributed by atoms with Crippen molar-refractivity contribution in [2.75, 3.05) is 5.32 Å². The van der Waals surface area contributed by atoms with Gasteiger partial charge in [0.05, 0.1) is 11.4 Å². The number of carbonyl (C=O) groups is 1. The van der Waals surface area contributed by atoms with Gasteiger partial charge in [0.25, 0.3) is 0 Å². The predicted octanol–water partition coefficient (Wildman–Crippen LogP) is 1.53. The monoisotopic (exact) mass is 327 g/mol. The van der Waals surface area contributed by atoms with Crippen molar-refractivity contribution in [3.8, 4) is 0 Å². The zero-order valence-electron chi connectivity index (χ0n) is 12.7. The molecule has 2 rings (SSSR count). The van der Waals surface area contributed by atoms with E-state index >= 15 is 0 Å². The summed E-state index contributed by atoms with van der Waals surface area (Å²) in [5, 5.41) is 8.49. The van der Waals surface area contributed by atoms with Gasteiger partial charge >= 0.3 is 0 Å². The quantitative estimate of drug-likeness (QED) is 0.885. The maximum atomic E-state index is 12.4. The molecule has 0 spiro atoms. The molecule has 0 aliphatic rings. The minimum atomic E-state index is -3.71. The Labute approximate surface area is 127 Å². The van der Waals surface area contributed by atoms with Crippen molar-refractivity contribution in [1.29, 1.82) is 0 Å². The first-order chi connectivity index (χ1) is 10.2. The first-order valence-electron chi connectivity index (χ1n) is 6.58. The van der Waals surface area contributed by atoms with Crippen LogP contribution in [0.15, 0.2) is 15.1 Å². The molecule has 0 saturated carbocycles. The van der Waals surface area contributed by atoms with Gasteiger partial charge in [-0.1, -0.05) is 10.3 Å². The van der Waals surface area contributed by atoms with Crippen LogP contribution in [0.5, 0.6) is 0 Å². The second-order valence-corrected chi connectivity index (χ2v) is 7.39. The third kappa shape index (κ3) is 3.35. The summed E-state index contributed by atoms with van der Waals surface area (Å²) in [6.07, 6.45) is 0.